The van der Waals surface area contributed by atoms with Crippen molar-refractivity contribution in [1.82, 2.24) is 0 Å². The Morgan fingerprint density at radius 3 is 3.09 bits per heavy atom. The zero-order valence-corrected chi connectivity index (χ0v) is 14.1. The van der Waals surface area contributed by atoms with E-state index in [1.54, 1.807) is 7.11 Å². The Hall–Kier alpha value is -1.00. The fourth-order valence-electron chi connectivity index (χ4n) is 5.56. The van der Waals surface area contributed by atoms with Crippen LogP contribution in [0.3, 0.4) is 0 Å². The second-order valence-electron chi connectivity index (χ2n) is 7.08. The van der Waals surface area contributed by atoms with Crippen LogP contribution in [0.25, 0.3) is 0 Å². The number of hydrogen-bond donors (Lipinski definition) is 1. The van der Waals surface area contributed by atoms with Gasteiger partial charge >= 0.3 is 0 Å². The molecule has 0 saturated heterocycles. The summed E-state index contributed by atoms with van der Waals surface area (Å²) in [5.74, 6) is 2.80. The minimum absolute atomic E-state index is 0.0585. The van der Waals surface area contributed by atoms with Crippen molar-refractivity contribution in [1.29, 1.82) is 0 Å². The summed E-state index contributed by atoms with van der Waals surface area (Å²) in [5.41, 5.74) is 2.63. The maximum atomic E-state index is 10.6. The van der Waals surface area contributed by atoms with E-state index < -0.39 is 6.10 Å². The highest BCUT2D eigenvalue weighted by atomic mass is 79.9. The Morgan fingerprint density at radius 1 is 1.41 bits per heavy atom. The van der Waals surface area contributed by atoms with Crippen LogP contribution in [0.5, 0.6) is 11.5 Å². The van der Waals surface area contributed by atoms with E-state index >= 15 is 0 Å². The van der Waals surface area contributed by atoms with E-state index in [4.69, 9.17) is 9.47 Å². The molecule has 5 atom stereocenters. The molecule has 3 aliphatic carbocycles. The van der Waals surface area contributed by atoms with E-state index in [0.29, 0.717) is 11.8 Å². The Kier molecular flexibility index (Phi) is 2.62. The van der Waals surface area contributed by atoms with Gasteiger partial charge in [0, 0.05) is 15.5 Å². The quantitative estimate of drug-likeness (QED) is 0.778. The number of halogens is 1. The van der Waals surface area contributed by atoms with Crippen molar-refractivity contribution in [2.45, 2.75) is 43.3 Å². The summed E-state index contributed by atoms with van der Waals surface area (Å²) in [6.45, 7) is 0. The molecule has 1 fully saturated rings. The molecule has 0 aromatic heterocycles. The predicted octanol–water partition coefficient (Wildman–Crippen LogP) is 3.36. The standard InChI is InChI=1S/C18H19BrO3/c1-21-14-8-12(19)10-7-9-3-2-6-18-11(9)4-5-13(20)17(18)22-16(14)15(10)18/h4-5,8-9,11,13,17,20H,2-3,6-7H2,1H3/t9-,11+,13+,17+,18?/m1/s1. The van der Waals surface area contributed by atoms with Crippen molar-refractivity contribution >= 4 is 15.9 Å². The van der Waals surface area contributed by atoms with Gasteiger partial charge < -0.3 is 14.6 Å². The molecule has 1 heterocycles. The van der Waals surface area contributed by atoms with Gasteiger partial charge in [0.25, 0.3) is 0 Å². The third kappa shape index (κ3) is 1.37. The molecule has 1 saturated carbocycles. The summed E-state index contributed by atoms with van der Waals surface area (Å²) in [5, 5.41) is 10.6. The lowest BCUT2D eigenvalue weighted by Gasteiger charge is -2.53. The third-order valence-electron chi connectivity index (χ3n) is 6.30. The molecule has 4 heteroatoms. The van der Waals surface area contributed by atoms with Gasteiger partial charge in [-0.05, 0) is 42.7 Å². The highest BCUT2D eigenvalue weighted by molar-refractivity contribution is 9.10. The van der Waals surface area contributed by atoms with Gasteiger partial charge in [-0.2, -0.15) is 0 Å². The van der Waals surface area contributed by atoms with Crippen molar-refractivity contribution in [3.63, 3.8) is 0 Å². The summed E-state index contributed by atoms with van der Waals surface area (Å²) in [4.78, 5) is 0. The average molecular weight is 363 g/mol. The zero-order valence-electron chi connectivity index (χ0n) is 12.5. The molecule has 2 bridgehead atoms. The fourth-order valence-corrected chi connectivity index (χ4v) is 6.13. The van der Waals surface area contributed by atoms with Gasteiger partial charge in [0.2, 0.25) is 0 Å². The molecule has 0 radical (unpaired) electrons. The predicted molar refractivity (Wildman–Crippen MR) is 86.5 cm³/mol. The van der Waals surface area contributed by atoms with Gasteiger partial charge in [-0.3, -0.25) is 0 Å². The molecule has 3 nitrogen and oxygen atoms in total. The van der Waals surface area contributed by atoms with Gasteiger partial charge in [0.05, 0.1) is 7.11 Å². The van der Waals surface area contributed by atoms with Gasteiger partial charge in [-0.1, -0.05) is 34.5 Å². The molecule has 0 amide bonds. The Morgan fingerprint density at radius 2 is 2.27 bits per heavy atom. The average Bonchev–Trinajstić information content (AvgIpc) is 2.84. The minimum atomic E-state index is -0.531. The summed E-state index contributed by atoms with van der Waals surface area (Å²) in [7, 11) is 1.69. The summed E-state index contributed by atoms with van der Waals surface area (Å²) in [6.07, 6.45) is 8.20. The van der Waals surface area contributed by atoms with Crippen molar-refractivity contribution in [3.8, 4) is 11.5 Å². The van der Waals surface area contributed by atoms with Gasteiger partial charge in [-0.15, -0.1) is 0 Å². The monoisotopic (exact) mass is 362 g/mol. The number of ether oxygens (including phenoxy) is 2. The van der Waals surface area contributed by atoms with Crippen LogP contribution >= 0.6 is 15.9 Å². The molecule has 1 spiro atoms. The first kappa shape index (κ1) is 13.4. The van der Waals surface area contributed by atoms with Crippen molar-refractivity contribution in [3.05, 3.63) is 33.8 Å². The highest BCUT2D eigenvalue weighted by Crippen LogP contribution is 2.65. The van der Waals surface area contributed by atoms with Gasteiger partial charge in [-0.25, -0.2) is 0 Å². The van der Waals surface area contributed by atoms with E-state index in [9.17, 15) is 5.11 Å². The number of methoxy groups -OCH3 is 1. The lowest BCUT2D eigenvalue weighted by Crippen LogP contribution is -2.57. The molecule has 1 aromatic rings. The molecular formula is C18H19BrO3. The van der Waals surface area contributed by atoms with Crippen LogP contribution in [0, 0.1) is 11.8 Å². The number of aliphatic hydroxyl groups is 1. The Balaban J connectivity index is 1.86. The zero-order chi connectivity index (χ0) is 15.1. The van der Waals surface area contributed by atoms with Crippen LogP contribution in [0.1, 0.15) is 30.4 Å². The van der Waals surface area contributed by atoms with Gasteiger partial charge in [0.1, 0.15) is 12.2 Å². The minimum Gasteiger partial charge on any atom is -0.493 e. The third-order valence-corrected chi connectivity index (χ3v) is 7.00. The molecule has 1 aromatic carbocycles. The van der Waals surface area contributed by atoms with Crippen LogP contribution in [-0.2, 0) is 11.8 Å². The largest absolute Gasteiger partial charge is 0.493 e. The summed E-state index contributed by atoms with van der Waals surface area (Å²) >= 11 is 3.75. The van der Waals surface area contributed by atoms with E-state index in [0.717, 1.165) is 28.8 Å². The molecule has 22 heavy (non-hydrogen) atoms. The number of allylic oxidation sites excluding steroid dienone is 1. The fraction of sp³-hybridized carbons (Fsp3) is 0.556. The normalized spacial score (nSPS) is 40.1. The number of hydrogen-bond acceptors (Lipinski definition) is 3. The Labute approximate surface area is 138 Å². The molecule has 1 aliphatic heterocycles. The molecule has 116 valence electrons. The van der Waals surface area contributed by atoms with Crippen LogP contribution < -0.4 is 9.47 Å². The molecule has 5 rings (SSSR count). The second kappa shape index (κ2) is 4.30. The van der Waals surface area contributed by atoms with Crippen LogP contribution in [0.15, 0.2) is 22.7 Å². The van der Waals surface area contributed by atoms with E-state index in [1.807, 2.05) is 12.1 Å². The number of benzene rings is 1. The lowest BCUT2D eigenvalue weighted by molar-refractivity contribution is -0.0272. The first-order chi connectivity index (χ1) is 10.7. The van der Waals surface area contributed by atoms with Crippen molar-refractivity contribution < 1.29 is 14.6 Å². The second-order valence-corrected chi connectivity index (χ2v) is 7.93. The molecular weight excluding hydrogens is 344 g/mol. The molecule has 1 N–H and O–H groups in total. The highest BCUT2D eigenvalue weighted by Gasteiger charge is 2.63. The number of aliphatic hydroxyl groups excluding tert-OH is 1. The summed E-state index contributed by atoms with van der Waals surface area (Å²) < 4.78 is 13.0. The Bertz CT molecular complexity index is 698. The number of rotatable bonds is 1. The van der Waals surface area contributed by atoms with E-state index in [1.165, 1.54) is 24.0 Å². The maximum absolute atomic E-state index is 10.6. The lowest BCUT2D eigenvalue weighted by atomic mass is 9.50. The first-order valence-corrected chi connectivity index (χ1v) is 8.89. The van der Waals surface area contributed by atoms with E-state index in [-0.39, 0.29) is 11.5 Å². The first-order valence-electron chi connectivity index (χ1n) is 8.09. The maximum Gasteiger partial charge on any atom is 0.166 e. The van der Waals surface area contributed by atoms with Crippen LogP contribution in [0.4, 0.5) is 0 Å². The molecule has 4 aliphatic rings. The van der Waals surface area contributed by atoms with Crippen LogP contribution in [-0.4, -0.2) is 24.4 Å². The molecule has 1 unspecified atom stereocenters. The summed E-state index contributed by atoms with van der Waals surface area (Å²) in [6, 6.07) is 2.03. The van der Waals surface area contributed by atoms with Crippen molar-refractivity contribution in [2.75, 3.05) is 7.11 Å². The van der Waals surface area contributed by atoms with Gasteiger partial charge in [0.15, 0.2) is 11.5 Å². The smallest absolute Gasteiger partial charge is 0.166 e. The topological polar surface area (TPSA) is 38.7 Å². The van der Waals surface area contributed by atoms with Crippen LogP contribution in [0.2, 0.25) is 0 Å². The van der Waals surface area contributed by atoms with E-state index in [2.05, 4.69) is 22.0 Å². The van der Waals surface area contributed by atoms with Crippen molar-refractivity contribution in [2.24, 2.45) is 11.8 Å². The SMILES string of the molecule is COc1cc(Br)c2c3c1O[C@H]1[C@@H](O)C=C[C@H]4[C@H](CCCC341)C2.